The van der Waals surface area contributed by atoms with Crippen molar-refractivity contribution >= 4 is 0 Å². The van der Waals surface area contributed by atoms with E-state index in [1.165, 1.54) is 32.4 Å². The van der Waals surface area contributed by atoms with Crippen LogP contribution in [0, 0.1) is 11.3 Å². The van der Waals surface area contributed by atoms with Crippen LogP contribution in [-0.2, 0) is 4.74 Å². The van der Waals surface area contributed by atoms with Gasteiger partial charge in [0.15, 0.2) is 0 Å². The number of ether oxygens (including phenoxy) is 1. The van der Waals surface area contributed by atoms with Crippen molar-refractivity contribution in [2.24, 2.45) is 11.3 Å². The third kappa shape index (κ3) is 1.95. The van der Waals surface area contributed by atoms with E-state index < -0.39 is 0 Å². The Morgan fingerprint density at radius 2 is 2.36 bits per heavy atom. The van der Waals surface area contributed by atoms with E-state index in [1.807, 2.05) is 0 Å². The molecule has 1 saturated heterocycles. The van der Waals surface area contributed by atoms with Gasteiger partial charge in [-0.2, -0.15) is 0 Å². The van der Waals surface area contributed by atoms with Gasteiger partial charge in [-0.1, -0.05) is 6.42 Å². The van der Waals surface area contributed by atoms with E-state index >= 15 is 0 Å². The number of rotatable bonds is 5. The Morgan fingerprint density at radius 3 is 3.00 bits per heavy atom. The largest absolute Gasteiger partial charge is 0.383 e. The minimum atomic E-state index is 0.667. The number of hydrogen-bond acceptors (Lipinski definition) is 3. The maximum atomic E-state index is 5.02. The molecule has 1 aliphatic carbocycles. The highest BCUT2D eigenvalue weighted by Crippen LogP contribution is 2.48. The molecule has 2 rings (SSSR count). The summed E-state index contributed by atoms with van der Waals surface area (Å²) in [7, 11) is 1.76. The molecule has 1 atom stereocenters. The molecule has 2 fully saturated rings. The first-order valence-electron chi connectivity index (χ1n) is 5.78. The molecule has 14 heavy (non-hydrogen) atoms. The summed E-state index contributed by atoms with van der Waals surface area (Å²) in [5.41, 5.74) is 0.667. The molecule has 82 valence electrons. The lowest BCUT2D eigenvalue weighted by molar-refractivity contribution is 0.0953. The highest BCUT2D eigenvalue weighted by Gasteiger charge is 2.46. The molecule has 3 nitrogen and oxygen atoms in total. The highest BCUT2D eigenvalue weighted by molar-refractivity contribution is 5.00. The first-order valence-corrected chi connectivity index (χ1v) is 5.78. The monoisotopic (exact) mass is 198 g/mol. The van der Waals surface area contributed by atoms with Crippen LogP contribution in [0.4, 0.5) is 0 Å². The van der Waals surface area contributed by atoms with Gasteiger partial charge in [0.1, 0.15) is 0 Å². The van der Waals surface area contributed by atoms with Crippen molar-refractivity contribution in [3.05, 3.63) is 0 Å². The number of methoxy groups -OCH3 is 1. The van der Waals surface area contributed by atoms with Gasteiger partial charge in [-0.05, 0) is 37.3 Å². The Balaban J connectivity index is 1.69. The van der Waals surface area contributed by atoms with Crippen LogP contribution < -0.4 is 10.6 Å². The summed E-state index contributed by atoms with van der Waals surface area (Å²) >= 11 is 0. The molecule has 2 N–H and O–H groups in total. The van der Waals surface area contributed by atoms with E-state index in [9.17, 15) is 0 Å². The van der Waals surface area contributed by atoms with E-state index in [0.717, 1.165) is 25.6 Å². The Morgan fingerprint density at radius 1 is 1.50 bits per heavy atom. The van der Waals surface area contributed by atoms with E-state index in [-0.39, 0.29) is 0 Å². The van der Waals surface area contributed by atoms with Gasteiger partial charge in [-0.25, -0.2) is 0 Å². The quantitative estimate of drug-likeness (QED) is 0.635. The molecule has 1 spiro atoms. The molecule has 1 unspecified atom stereocenters. The molecule has 0 aromatic rings. The van der Waals surface area contributed by atoms with Gasteiger partial charge < -0.3 is 15.4 Å². The van der Waals surface area contributed by atoms with Crippen molar-refractivity contribution in [1.29, 1.82) is 0 Å². The maximum Gasteiger partial charge on any atom is 0.0587 e. The van der Waals surface area contributed by atoms with E-state index in [0.29, 0.717) is 5.41 Å². The predicted molar refractivity (Wildman–Crippen MR) is 57.4 cm³/mol. The Kier molecular flexibility index (Phi) is 3.42. The number of nitrogens with one attached hydrogen (secondary N) is 2. The first-order chi connectivity index (χ1) is 6.87. The summed E-state index contributed by atoms with van der Waals surface area (Å²) in [5, 5.41) is 7.02. The van der Waals surface area contributed by atoms with Crippen molar-refractivity contribution in [2.45, 2.75) is 19.3 Å². The van der Waals surface area contributed by atoms with Crippen molar-refractivity contribution in [1.82, 2.24) is 10.6 Å². The fraction of sp³-hybridized carbons (Fsp3) is 1.00. The molecule has 1 saturated carbocycles. The zero-order valence-electron chi connectivity index (χ0n) is 9.14. The van der Waals surface area contributed by atoms with Crippen LogP contribution >= 0.6 is 0 Å². The summed E-state index contributed by atoms with van der Waals surface area (Å²) in [5.74, 6) is 0.855. The third-order valence-electron chi connectivity index (χ3n) is 3.96. The van der Waals surface area contributed by atoms with Crippen LogP contribution in [0.3, 0.4) is 0 Å². The molecule has 2 aliphatic rings. The fourth-order valence-corrected chi connectivity index (χ4v) is 2.81. The van der Waals surface area contributed by atoms with Gasteiger partial charge in [0.05, 0.1) is 6.61 Å². The highest BCUT2D eigenvalue weighted by atomic mass is 16.5. The third-order valence-corrected chi connectivity index (χ3v) is 3.96. The Labute approximate surface area is 86.6 Å². The van der Waals surface area contributed by atoms with Gasteiger partial charge in [0.2, 0.25) is 0 Å². The summed E-state index contributed by atoms with van der Waals surface area (Å²) < 4.78 is 5.02. The van der Waals surface area contributed by atoms with Crippen molar-refractivity contribution < 1.29 is 4.74 Å². The SMILES string of the molecule is COCCNCC1CNCC12CCC2. The maximum absolute atomic E-state index is 5.02. The number of hydrogen-bond donors (Lipinski definition) is 2. The molecule has 0 aromatic heterocycles. The molecule has 0 bridgehead atoms. The van der Waals surface area contributed by atoms with Gasteiger partial charge in [-0.3, -0.25) is 0 Å². The predicted octanol–water partition coefficient (Wildman–Crippen LogP) is 0.612. The lowest BCUT2D eigenvalue weighted by atomic mass is 9.63. The molecule has 3 heteroatoms. The smallest absolute Gasteiger partial charge is 0.0587 e. The average Bonchev–Trinajstić information content (AvgIpc) is 2.55. The van der Waals surface area contributed by atoms with Crippen LogP contribution in [0.1, 0.15) is 19.3 Å². The first kappa shape index (κ1) is 10.4. The zero-order chi connectivity index (χ0) is 9.86. The van der Waals surface area contributed by atoms with Crippen LogP contribution in [-0.4, -0.2) is 39.9 Å². The molecular formula is C11H22N2O. The van der Waals surface area contributed by atoms with E-state index in [4.69, 9.17) is 4.74 Å². The standard InChI is InChI=1S/C11H22N2O/c1-14-6-5-12-7-10-8-13-9-11(10)3-2-4-11/h10,12-13H,2-9H2,1H3. The molecular weight excluding hydrogens is 176 g/mol. The average molecular weight is 198 g/mol. The summed E-state index contributed by atoms with van der Waals surface area (Å²) in [6, 6.07) is 0. The van der Waals surface area contributed by atoms with Crippen LogP contribution in [0.25, 0.3) is 0 Å². The minimum Gasteiger partial charge on any atom is -0.383 e. The molecule has 1 aliphatic heterocycles. The Bertz CT molecular complexity index is 180. The fourth-order valence-electron chi connectivity index (χ4n) is 2.81. The van der Waals surface area contributed by atoms with Gasteiger partial charge in [0, 0.05) is 20.2 Å². The van der Waals surface area contributed by atoms with Crippen LogP contribution in [0.5, 0.6) is 0 Å². The second-order valence-corrected chi connectivity index (χ2v) is 4.74. The van der Waals surface area contributed by atoms with E-state index in [1.54, 1.807) is 7.11 Å². The van der Waals surface area contributed by atoms with Gasteiger partial charge in [-0.15, -0.1) is 0 Å². The summed E-state index contributed by atoms with van der Waals surface area (Å²) in [6.45, 7) is 5.44. The lowest BCUT2D eigenvalue weighted by Crippen LogP contribution is -2.42. The normalized spacial score (nSPS) is 29.4. The lowest BCUT2D eigenvalue weighted by Gasteiger charge is -2.43. The molecule has 0 amide bonds. The van der Waals surface area contributed by atoms with Gasteiger partial charge in [0.25, 0.3) is 0 Å². The van der Waals surface area contributed by atoms with E-state index in [2.05, 4.69) is 10.6 Å². The second kappa shape index (κ2) is 4.60. The van der Waals surface area contributed by atoms with Crippen LogP contribution in [0.15, 0.2) is 0 Å². The zero-order valence-corrected chi connectivity index (χ0v) is 9.14. The molecule has 0 aromatic carbocycles. The van der Waals surface area contributed by atoms with Crippen molar-refractivity contribution in [3.63, 3.8) is 0 Å². The van der Waals surface area contributed by atoms with Crippen LogP contribution in [0.2, 0.25) is 0 Å². The minimum absolute atomic E-state index is 0.667. The van der Waals surface area contributed by atoms with Gasteiger partial charge >= 0.3 is 0 Å². The summed E-state index contributed by atoms with van der Waals surface area (Å²) in [6.07, 6.45) is 4.32. The molecule has 0 radical (unpaired) electrons. The second-order valence-electron chi connectivity index (χ2n) is 4.74. The van der Waals surface area contributed by atoms with Crippen molar-refractivity contribution in [3.8, 4) is 0 Å². The van der Waals surface area contributed by atoms with Crippen molar-refractivity contribution in [2.75, 3.05) is 39.9 Å². The Hall–Kier alpha value is -0.120. The molecule has 1 heterocycles. The topological polar surface area (TPSA) is 33.3 Å². The summed E-state index contributed by atoms with van der Waals surface area (Å²) in [4.78, 5) is 0.